The maximum atomic E-state index is 11.7. The molecule has 2 heterocycles. The number of nitrogens with zero attached hydrogens (tertiary/aromatic N) is 2. The topological polar surface area (TPSA) is 76.3 Å². The molecule has 3 rings (SSSR count). The lowest BCUT2D eigenvalue weighted by Gasteiger charge is -2.15. The Kier molecular flexibility index (Phi) is 2.67. The van der Waals surface area contributed by atoms with Crippen LogP contribution in [0.4, 0.5) is 5.69 Å². The molecule has 0 spiro atoms. The highest BCUT2D eigenvalue weighted by atomic mass is 16.2. The van der Waals surface area contributed by atoms with Gasteiger partial charge in [0.15, 0.2) is 0 Å². The number of hydrogen-bond acceptors (Lipinski definition) is 4. The molecule has 1 fully saturated rings. The fourth-order valence-corrected chi connectivity index (χ4v) is 2.35. The van der Waals surface area contributed by atoms with Gasteiger partial charge in [0.05, 0.1) is 12.1 Å². The number of hydrogen-bond donors (Lipinski definition) is 1. The zero-order chi connectivity index (χ0) is 13.4. The predicted molar refractivity (Wildman–Crippen MR) is 70.9 cm³/mol. The smallest absolute Gasteiger partial charge is 0.229 e. The largest absolute Gasteiger partial charge is 0.398 e. The first-order chi connectivity index (χ1) is 9.16. The van der Waals surface area contributed by atoms with E-state index in [-0.39, 0.29) is 18.4 Å². The van der Waals surface area contributed by atoms with Gasteiger partial charge in [0.25, 0.3) is 0 Å². The summed E-state index contributed by atoms with van der Waals surface area (Å²) in [4.78, 5) is 28.9. The van der Waals surface area contributed by atoms with E-state index in [9.17, 15) is 9.59 Å². The zero-order valence-corrected chi connectivity index (χ0v) is 10.3. The summed E-state index contributed by atoms with van der Waals surface area (Å²) in [5.41, 5.74) is 8.13. The highest BCUT2D eigenvalue weighted by Crippen LogP contribution is 2.25. The first kappa shape index (κ1) is 11.6. The van der Waals surface area contributed by atoms with Crippen LogP contribution in [0.5, 0.6) is 0 Å². The number of nitrogen functional groups attached to an aromatic ring is 1. The molecule has 19 heavy (non-hydrogen) atoms. The van der Waals surface area contributed by atoms with E-state index in [4.69, 9.17) is 5.73 Å². The van der Waals surface area contributed by atoms with E-state index in [0.29, 0.717) is 18.5 Å². The number of likely N-dealkylation sites (tertiary alicyclic amines) is 1. The Balaban J connectivity index is 2.04. The monoisotopic (exact) mass is 255 g/mol. The van der Waals surface area contributed by atoms with Crippen molar-refractivity contribution in [1.82, 2.24) is 9.88 Å². The Morgan fingerprint density at radius 3 is 2.63 bits per heavy atom. The van der Waals surface area contributed by atoms with Crippen molar-refractivity contribution in [3.05, 3.63) is 36.0 Å². The molecule has 0 saturated carbocycles. The molecule has 0 radical (unpaired) electrons. The zero-order valence-electron chi connectivity index (χ0n) is 10.3. The summed E-state index contributed by atoms with van der Waals surface area (Å²) in [7, 11) is 0. The van der Waals surface area contributed by atoms with Crippen LogP contribution >= 0.6 is 0 Å². The Morgan fingerprint density at radius 2 is 1.89 bits per heavy atom. The highest BCUT2D eigenvalue weighted by molar-refractivity contribution is 6.02. The van der Waals surface area contributed by atoms with Crippen LogP contribution in [0.1, 0.15) is 18.4 Å². The summed E-state index contributed by atoms with van der Waals surface area (Å²) in [6.07, 6.45) is 2.29. The van der Waals surface area contributed by atoms with Crippen LogP contribution in [0.25, 0.3) is 10.9 Å². The average Bonchev–Trinajstić information content (AvgIpc) is 2.74. The number of amides is 2. The SMILES string of the molecule is Nc1ccc(CN2C(=O)CCC2=O)c2ncccc12. The molecule has 0 bridgehead atoms. The molecule has 1 aromatic heterocycles. The van der Waals surface area contributed by atoms with Crippen LogP contribution in [0.3, 0.4) is 0 Å². The molecule has 2 amide bonds. The molecule has 5 nitrogen and oxygen atoms in total. The third-order valence-corrected chi connectivity index (χ3v) is 3.37. The number of carbonyl (C=O) groups excluding carboxylic acids is 2. The standard InChI is InChI=1S/C14H13N3O2/c15-11-4-3-9(14-10(11)2-1-7-16-14)8-17-12(18)5-6-13(17)19/h1-4,7H,5-6,8,15H2. The fourth-order valence-electron chi connectivity index (χ4n) is 2.35. The summed E-state index contributed by atoms with van der Waals surface area (Å²) in [6.45, 7) is 0.269. The van der Waals surface area contributed by atoms with Crippen LogP contribution in [-0.2, 0) is 16.1 Å². The minimum atomic E-state index is -0.120. The second-order valence-electron chi connectivity index (χ2n) is 4.59. The van der Waals surface area contributed by atoms with Crippen molar-refractivity contribution in [1.29, 1.82) is 0 Å². The van der Waals surface area contributed by atoms with E-state index >= 15 is 0 Å². The number of aromatic nitrogens is 1. The van der Waals surface area contributed by atoms with Crippen LogP contribution in [0.15, 0.2) is 30.5 Å². The lowest BCUT2D eigenvalue weighted by atomic mass is 10.1. The predicted octanol–water partition coefficient (Wildman–Crippen LogP) is 1.47. The van der Waals surface area contributed by atoms with Gasteiger partial charge >= 0.3 is 0 Å². The number of anilines is 1. The highest BCUT2D eigenvalue weighted by Gasteiger charge is 2.29. The van der Waals surface area contributed by atoms with E-state index in [1.54, 1.807) is 12.3 Å². The molecular weight excluding hydrogens is 242 g/mol. The summed E-state index contributed by atoms with van der Waals surface area (Å²) in [5.74, 6) is -0.239. The summed E-state index contributed by atoms with van der Waals surface area (Å²) in [6, 6.07) is 7.30. The fraction of sp³-hybridized carbons (Fsp3) is 0.214. The van der Waals surface area contributed by atoms with Crippen LogP contribution < -0.4 is 5.73 Å². The number of benzene rings is 1. The molecule has 96 valence electrons. The molecule has 1 aromatic carbocycles. The molecule has 5 heteroatoms. The quantitative estimate of drug-likeness (QED) is 0.651. The van der Waals surface area contributed by atoms with Gasteiger partial charge in [0, 0.05) is 30.1 Å². The maximum Gasteiger partial charge on any atom is 0.229 e. The molecule has 2 N–H and O–H groups in total. The third kappa shape index (κ3) is 1.93. The van der Waals surface area contributed by atoms with Gasteiger partial charge < -0.3 is 5.73 Å². The first-order valence-corrected chi connectivity index (χ1v) is 6.12. The van der Waals surface area contributed by atoms with Crippen LogP contribution in [0, 0.1) is 0 Å². The lowest BCUT2D eigenvalue weighted by Crippen LogP contribution is -2.28. The van der Waals surface area contributed by atoms with Gasteiger partial charge in [0.2, 0.25) is 11.8 Å². The molecule has 1 aliphatic rings. The van der Waals surface area contributed by atoms with Gasteiger partial charge in [-0.1, -0.05) is 6.07 Å². The summed E-state index contributed by atoms with van der Waals surface area (Å²) < 4.78 is 0. The normalized spacial score (nSPS) is 15.5. The lowest BCUT2D eigenvalue weighted by molar-refractivity contribution is -0.139. The van der Waals surface area contributed by atoms with E-state index in [2.05, 4.69) is 4.98 Å². The van der Waals surface area contributed by atoms with Gasteiger partial charge in [-0.3, -0.25) is 19.5 Å². The van der Waals surface area contributed by atoms with Gasteiger partial charge in [-0.05, 0) is 23.8 Å². The van der Waals surface area contributed by atoms with Crippen molar-refractivity contribution >= 4 is 28.4 Å². The van der Waals surface area contributed by atoms with E-state index in [0.717, 1.165) is 16.5 Å². The van der Waals surface area contributed by atoms with Crippen molar-refractivity contribution in [3.63, 3.8) is 0 Å². The number of imide groups is 1. The van der Waals surface area contributed by atoms with E-state index in [1.165, 1.54) is 4.90 Å². The summed E-state index contributed by atoms with van der Waals surface area (Å²) >= 11 is 0. The summed E-state index contributed by atoms with van der Waals surface area (Å²) in [5, 5.41) is 0.846. The van der Waals surface area contributed by atoms with Crippen LogP contribution in [0.2, 0.25) is 0 Å². The number of nitrogens with two attached hydrogens (primary N) is 1. The van der Waals surface area contributed by atoms with E-state index in [1.807, 2.05) is 18.2 Å². The number of rotatable bonds is 2. The Morgan fingerprint density at radius 1 is 1.16 bits per heavy atom. The number of carbonyl (C=O) groups is 2. The van der Waals surface area contributed by atoms with Gasteiger partial charge in [-0.25, -0.2) is 0 Å². The molecule has 1 saturated heterocycles. The number of pyridine rings is 1. The molecule has 1 aliphatic heterocycles. The second-order valence-corrected chi connectivity index (χ2v) is 4.59. The average molecular weight is 255 g/mol. The van der Waals surface area contributed by atoms with Crippen molar-refractivity contribution in [2.24, 2.45) is 0 Å². The molecule has 0 aliphatic carbocycles. The molecular formula is C14H13N3O2. The Labute approximate surface area is 110 Å². The molecule has 0 atom stereocenters. The minimum absolute atomic E-state index is 0.120. The van der Waals surface area contributed by atoms with Gasteiger partial charge in [-0.2, -0.15) is 0 Å². The second kappa shape index (κ2) is 4.35. The third-order valence-electron chi connectivity index (χ3n) is 3.37. The Bertz CT molecular complexity index is 665. The molecule has 2 aromatic rings. The van der Waals surface area contributed by atoms with Crippen molar-refractivity contribution in [2.75, 3.05) is 5.73 Å². The Hall–Kier alpha value is -2.43. The van der Waals surface area contributed by atoms with Crippen molar-refractivity contribution < 1.29 is 9.59 Å². The molecule has 0 unspecified atom stereocenters. The minimum Gasteiger partial charge on any atom is -0.398 e. The van der Waals surface area contributed by atoms with E-state index < -0.39 is 0 Å². The van der Waals surface area contributed by atoms with Crippen molar-refractivity contribution in [2.45, 2.75) is 19.4 Å². The van der Waals surface area contributed by atoms with Gasteiger partial charge in [-0.15, -0.1) is 0 Å². The first-order valence-electron chi connectivity index (χ1n) is 6.12. The van der Waals surface area contributed by atoms with Crippen molar-refractivity contribution in [3.8, 4) is 0 Å². The number of fused-ring (bicyclic) bond motifs is 1. The maximum absolute atomic E-state index is 11.7. The van der Waals surface area contributed by atoms with Crippen LogP contribution in [-0.4, -0.2) is 21.7 Å². The van der Waals surface area contributed by atoms with Gasteiger partial charge in [0.1, 0.15) is 0 Å².